The minimum absolute atomic E-state index is 0.0598. The van der Waals surface area contributed by atoms with Crippen molar-refractivity contribution in [3.8, 4) is 0 Å². The van der Waals surface area contributed by atoms with E-state index < -0.39 is 23.8 Å². The third-order valence-corrected chi connectivity index (χ3v) is 3.78. The number of anilines is 1. The van der Waals surface area contributed by atoms with Crippen LogP contribution in [-0.4, -0.2) is 12.5 Å². The number of amides is 1. The van der Waals surface area contributed by atoms with Crippen molar-refractivity contribution in [2.45, 2.75) is 19.0 Å². The second kappa shape index (κ2) is 8.20. The van der Waals surface area contributed by atoms with Gasteiger partial charge >= 0.3 is 0 Å². The number of nitrogens with two attached hydrogens (primary N) is 1. The summed E-state index contributed by atoms with van der Waals surface area (Å²) >= 11 is 0. The Hall–Kier alpha value is -3.00. The number of rotatable bonds is 7. The summed E-state index contributed by atoms with van der Waals surface area (Å²) in [5.41, 5.74) is 6.40. The summed E-state index contributed by atoms with van der Waals surface area (Å²) in [7, 11) is 0. The van der Waals surface area contributed by atoms with Gasteiger partial charge in [0.1, 0.15) is 17.9 Å². The lowest BCUT2D eigenvalue weighted by Gasteiger charge is -2.18. The van der Waals surface area contributed by atoms with Crippen LogP contribution in [0.4, 0.5) is 10.1 Å². The third kappa shape index (κ3) is 4.10. The predicted molar refractivity (Wildman–Crippen MR) is 92.4 cm³/mol. The molecule has 130 valence electrons. The molecule has 1 amide bonds. The second-order valence-electron chi connectivity index (χ2n) is 5.41. The van der Waals surface area contributed by atoms with Gasteiger partial charge in [0.2, 0.25) is 5.91 Å². The van der Waals surface area contributed by atoms with E-state index in [-0.39, 0.29) is 23.4 Å². The lowest BCUT2D eigenvalue weighted by molar-refractivity contribution is -0.114. The van der Waals surface area contributed by atoms with Crippen molar-refractivity contribution < 1.29 is 9.18 Å². The number of carbonyl (C=O) groups is 1. The van der Waals surface area contributed by atoms with Crippen LogP contribution < -0.4 is 11.1 Å². The topological polar surface area (TPSA) is 114 Å². The number of carbonyl (C=O) groups excluding carboxylic acids is 1. The normalized spacial score (nSPS) is 12.9. The second-order valence-corrected chi connectivity index (χ2v) is 5.41. The summed E-state index contributed by atoms with van der Waals surface area (Å²) < 4.78 is 14.1. The average molecular weight is 344 g/mol. The quantitative estimate of drug-likeness (QED) is 0.749. The number of halogens is 1. The molecule has 2 atom stereocenters. The lowest BCUT2D eigenvalue weighted by Crippen LogP contribution is -2.23. The van der Waals surface area contributed by atoms with E-state index in [4.69, 9.17) is 5.73 Å². The molecule has 2 aromatic carbocycles. The molecular formula is C17H17FN4O3. The van der Waals surface area contributed by atoms with Crippen LogP contribution in [0.1, 0.15) is 35.7 Å². The zero-order valence-corrected chi connectivity index (χ0v) is 13.5. The first-order valence-electron chi connectivity index (χ1n) is 7.55. The molecule has 2 aromatic rings. The highest BCUT2D eigenvalue weighted by Gasteiger charge is 2.23. The smallest absolute Gasteiger partial charge is 0.238 e. The Morgan fingerprint density at radius 3 is 2.48 bits per heavy atom. The first-order valence-corrected chi connectivity index (χ1v) is 7.55. The van der Waals surface area contributed by atoms with Gasteiger partial charge < -0.3 is 11.1 Å². The van der Waals surface area contributed by atoms with Gasteiger partial charge in [-0.1, -0.05) is 34.6 Å². The van der Waals surface area contributed by atoms with E-state index >= 15 is 0 Å². The fraction of sp³-hybridized carbons (Fsp3) is 0.235. The Labute approximate surface area is 143 Å². The van der Waals surface area contributed by atoms with Gasteiger partial charge in [-0.15, -0.1) is 4.91 Å². The Balaban J connectivity index is 2.60. The van der Waals surface area contributed by atoms with Crippen LogP contribution in [-0.2, 0) is 4.79 Å². The number of nitrogens with zero attached hydrogens (tertiary/aromatic N) is 2. The van der Waals surface area contributed by atoms with Crippen LogP contribution >= 0.6 is 0 Å². The van der Waals surface area contributed by atoms with Gasteiger partial charge in [0.05, 0.1) is 6.54 Å². The SMILES string of the molecule is CC(N=O)c1ccc(NC(=O)CN)c(C(N=O)c2ccccc2F)c1. The Morgan fingerprint density at radius 1 is 1.16 bits per heavy atom. The fourth-order valence-corrected chi connectivity index (χ4v) is 2.42. The maximum absolute atomic E-state index is 14.1. The Morgan fingerprint density at radius 2 is 1.88 bits per heavy atom. The van der Waals surface area contributed by atoms with Crippen molar-refractivity contribution in [2.75, 3.05) is 11.9 Å². The number of hydrogen-bond donors (Lipinski definition) is 2. The molecule has 2 unspecified atom stereocenters. The number of benzene rings is 2. The summed E-state index contributed by atoms with van der Waals surface area (Å²) in [6.45, 7) is 1.32. The van der Waals surface area contributed by atoms with E-state index in [0.717, 1.165) is 0 Å². The molecule has 0 saturated heterocycles. The van der Waals surface area contributed by atoms with Gasteiger partial charge in [0.25, 0.3) is 0 Å². The van der Waals surface area contributed by atoms with E-state index in [1.54, 1.807) is 19.1 Å². The summed E-state index contributed by atoms with van der Waals surface area (Å²) in [5.74, 6) is -1.08. The molecule has 8 heteroatoms. The number of hydrogen-bond acceptors (Lipinski definition) is 6. The molecule has 0 radical (unpaired) electrons. The van der Waals surface area contributed by atoms with Gasteiger partial charge in [-0.25, -0.2) is 4.39 Å². The molecule has 0 aliphatic heterocycles. The van der Waals surface area contributed by atoms with E-state index in [1.165, 1.54) is 30.3 Å². The molecule has 0 aliphatic rings. The molecule has 0 heterocycles. The molecule has 0 spiro atoms. The van der Waals surface area contributed by atoms with Crippen molar-refractivity contribution in [1.29, 1.82) is 0 Å². The van der Waals surface area contributed by atoms with Gasteiger partial charge in [-0.05, 0) is 30.7 Å². The largest absolute Gasteiger partial charge is 0.325 e. The van der Waals surface area contributed by atoms with E-state index in [2.05, 4.69) is 15.7 Å². The van der Waals surface area contributed by atoms with Crippen LogP contribution in [0.3, 0.4) is 0 Å². The van der Waals surface area contributed by atoms with Crippen LogP contribution in [0, 0.1) is 15.6 Å². The van der Waals surface area contributed by atoms with E-state index in [0.29, 0.717) is 5.56 Å². The summed E-state index contributed by atoms with van der Waals surface area (Å²) in [5, 5.41) is 8.52. The van der Waals surface area contributed by atoms with Gasteiger partial charge in [-0.2, -0.15) is 4.91 Å². The summed E-state index contributed by atoms with van der Waals surface area (Å²) in [6, 6.07) is 8.45. The maximum Gasteiger partial charge on any atom is 0.238 e. The molecule has 0 aliphatic carbocycles. The molecule has 0 fully saturated rings. The molecular weight excluding hydrogens is 327 g/mol. The first kappa shape index (κ1) is 18.3. The summed E-state index contributed by atoms with van der Waals surface area (Å²) in [6.07, 6.45) is 0. The van der Waals surface area contributed by atoms with Crippen molar-refractivity contribution >= 4 is 11.6 Å². The highest BCUT2D eigenvalue weighted by atomic mass is 19.1. The molecule has 7 nitrogen and oxygen atoms in total. The van der Waals surface area contributed by atoms with Gasteiger partial charge in [0.15, 0.2) is 0 Å². The van der Waals surface area contributed by atoms with E-state index in [1.807, 2.05) is 0 Å². The van der Waals surface area contributed by atoms with Crippen LogP contribution in [0.25, 0.3) is 0 Å². The minimum Gasteiger partial charge on any atom is -0.325 e. The Kier molecular flexibility index (Phi) is 6.02. The van der Waals surface area contributed by atoms with Crippen LogP contribution in [0.5, 0.6) is 0 Å². The first-order chi connectivity index (χ1) is 12.0. The van der Waals surface area contributed by atoms with Crippen LogP contribution in [0.2, 0.25) is 0 Å². The molecule has 0 bridgehead atoms. The van der Waals surface area contributed by atoms with Crippen LogP contribution in [0.15, 0.2) is 52.8 Å². The molecule has 25 heavy (non-hydrogen) atoms. The third-order valence-electron chi connectivity index (χ3n) is 3.78. The fourth-order valence-electron chi connectivity index (χ4n) is 2.42. The molecule has 0 aromatic heterocycles. The zero-order valence-electron chi connectivity index (χ0n) is 13.5. The van der Waals surface area contributed by atoms with Gasteiger partial charge in [0, 0.05) is 16.8 Å². The number of nitroso groups, excluding NO2 is 2. The van der Waals surface area contributed by atoms with E-state index in [9.17, 15) is 19.0 Å². The zero-order chi connectivity index (χ0) is 18.4. The van der Waals surface area contributed by atoms with Gasteiger partial charge in [-0.3, -0.25) is 4.79 Å². The molecule has 0 saturated carbocycles. The molecule has 3 N–H and O–H groups in total. The minimum atomic E-state index is -1.20. The van der Waals surface area contributed by atoms with Crippen molar-refractivity contribution in [3.63, 3.8) is 0 Å². The molecule has 2 rings (SSSR count). The lowest BCUT2D eigenvalue weighted by atomic mass is 9.94. The van der Waals surface area contributed by atoms with Crippen molar-refractivity contribution in [1.82, 2.24) is 0 Å². The number of nitrogens with one attached hydrogen (secondary N) is 1. The van der Waals surface area contributed by atoms with Crippen molar-refractivity contribution in [2.24, 2.45) is 16.1 Å². The Bertz CT molecular complexity index is 797. The monoisotopic (exact) mass is 344 g/mol. The predicted octanol–water partition coefficient (Wildman–Crippen LogP) is 3.41. The maximum atomic E-state index is 14.1. The average Bonchev–Trinajstić information content (AvgIpc) is 2.64. The van der Waals surface area contributed by atoms with Crippen molar-refractivity contribution in [3.05, 3.63) is 74.8 Å². The standard InChI is InChI=1S/C17H17FN4O3/c1-10(21-24)11-6-7-15(20-16(23)9-19)13(8-11)17(22-25)12-4-2-3-5-14(12)18/h2-8,10,17H,9,19H2,1H3,(H,20,23). The highest BCUT2D eigenvalue weighted by Crippen LogP contribution is 2.35. The highest BCUT2D eigenvalue weighted by molar-refractivity contribution is 5.93. The summed E-state index contributed by atoms with van der Waals surface area (Å²) in [4.78, 5) is 33.9.